The van der Waals surface area contributed by atoms with E-state index in [1.807, 2.05) is 6.92 Å². The lowest BCUT2D eigenvalue weighted by Gasteiger charge is -2.71. The maximum Gasteiger partial charge on any atom is 0.315 e. The van der Waals surface area contributed by atoms with Gasteiger partial charge in [0.1, 0.15) is 24.4 Å². The quantitative estimate of drug-likeness (QED) is 0.156. The Morgan fingerprint density at radius 3 is 2.17 bits per heavy atom. The maximum absolute atomic E-state index is 14.4. The number of hydrogen-bond acceptors (Lipinski definition) is 11. The minimum Gasteiger partial charge on any atom is -0.432 e. The third-order valence-electron chi connectivity index (χ3n) is 15.5. The number of aliphatic hydroxyl groups excluding tert-OH is 8. The van der Waals surface area contributed by atoms with Crippen molar-refractivity contribution in [3.8, 4) is 0 Å². The van der Waals surface area contributed by atoms with Crippen LogP contribution in [0.2, 0.25) is 0 Å². The van der Waals surface area contributed by atoms with Gasteiger partial charge in [-0.3, -0.25) is 4.79 Å². The molecule has 5 fully saturated rings. The van der Waals surface area contributed by atoms with Crippen LogP contribution in [-0.2, 0) is 14.3 Å². The first kappa shape index (κ1) is 35.7. The van der Waals surface area contributed by atoms with Gasteiger partial charge in [-0.2, -0.15) is 0 Å². The molecule has 11 heteroatoms. The summed E-state index contributed by atoms with van der Waals surface area (Å²) in [5.41, 5.74) is -1.85. The highest BCUT2D eigenvalue weighted by Crippen LogP contribution is 2.75. The van der Waals surface area contributed by atoms with Crippen LogP contribution >= 0.6 is 0 Å². The van der Waals surface area contributed by atoms with Crippen LogP contribution < -0.4 is 0 Å². The maximum atomic E-state index is 14.4. The Bertz CT molecular complexity index is 1260. The van der Waals surface area contributed by atoms with E-state index in [1.54, 1.807) is 0 Å². The number of carbonyl (C=O) groups excluding carboxylic acids is 1. The van der Waals surface area contributed by atoms with Gasteiger partial charge in [0, 0.05) is 12.0 Å². The fraction of sp³-hybridized carbons (Fsp3) is 0.917. The molecule has 1 heterocycles. The van der Waals surface area contributed by atoms with E-state index in [9.17, 15) is 45.6 Å². The second-order valence-corrected chi connectivity index (χ2v) is 17.7. The van der Waals surface area contributed by atoms with Crippen LogP contribution in [0.4, 0.5) is 0 Å². The molecule has 16 atom stereocenters. The summed E-state index contributed by atoms with van der Waals surface area (Å²) in [6.07, 6.45) is -1.58. The molecule has 0 aromatic heterocycles. The van der Waals surface area contributed by atoms with Crippen LogP contribution in [0.3, 0.4) is 0 Å². The van der Waals surface area contributed by atoms with Crippen molar-refractivity contribution in [2.45, 2.75) is 135 Å². The Labute approximate surface area is 278 Å². The zero-order valence-electron chi connectivity index (χ0n) is 28.6. The SMILES string of the molecule is C[C@@]1(CO)CC[C@]2(C(=O)O[C@@H]3O[C@H](CO)[C@@H](O)[C@H](O)[C@H]3O)CC[C@]3(C)C(=CC[C@@H]4[C@@]5(C)C[C@@H](O)[C@H](O)[C@@](C)(CO)[C@@H]5CC[C@]43C)[C@@H]2C1. The molecule has 6 rings (SSSR count). The first-order valence-corrected chi connectivity index (χ1v) is 17.7. The molecule has 0 aromatic carbocycles. The summed E-state index contributed by atoms with van der Waals surface area (Å²) in [4.78, 5) is 14.4. The van der Waals surface area contributed by atoms with Crippen molar-refractivity contribution in [3.63, 3.8) is 0 Å². The number of carbonyl (C=O) groups is 1. The summed E-state index contributed by atoms with van der Waals surface area (Å²) >= 11 is 0. The van der Waals surface area contributed by atoms with Gasteiger partial charge in [-0.1, -0.05) is 46.3 Å². The van der Waals surface area contributed by atoms with Gasteiger partial charge in [-0.25, -0.2) is 0 Å². The first-order valence-electron chi connectivity index (χ1n) is 17.7. The van der Waals surface area contributed by atoms with E-state index in [1.165, 1.54) is 5.57 Å². The molecule has 4 saturated carbocycles. The predicted molar refractivity (Wildman–Crippen MR) is 169 cm³/mol. The average Bonchev–Trinajstić information content (AvgIpc) is 3.04. The van der Waals surface area contributed by atoms with Gasteiger partial charge in [0.2, 0.25) is 6.29 Å². The number of allylic oxidation sites excluding steroid dienone is 2. The van der Waals surface area contributed by atoms with Gasteiger partial charge in [-0.15, -0.1) is 0 Å². The van der Waals surface area contributed by atoms with Crippen molar-refractivity contribution in [1.82, 2.24) is 0 Å². The van der Waals surface area contributed by atoms with Gasteiger partial charge >= 0.3 is 5.97 Å². The zero-order chi connectivity index (χ0) is 34.5. The van der Waals surface area contributed by atoms with E-state index in [0.717, 1.165) is 19.3 Å². The average molecular weight is 667 g/mol. The molecule has 11 nitrogen and oxygen atoms in total. The zero-order valence-corrected chi connectivity index (χ0v) is 28.6. The Balaban J connectivity index is 1.37. The Kier molecular flexibility index (Phi) is 8.88. The molecule has 0 amide bonds. The highest BCUT2D eigenvalue weighted by Gasteiger charge is 2.71. The number of aliphatic hydroxyl groups is 8. The molecular formula is C36H58O11. The standard InChI is InChI=1S/C36H58O11/c1-31(17-38)10-12-36(30(45)47-29-27(43)26(42)25(41)22(16-37)46-29)13-11-34(4)19(20(36)14-31)6-7-24-32(2)15-21(40)28(44)33(3,18-39)23(32)8-9-35(24,34)5/h6,20-29,37-44H,7-18H2,1-5H3/t20-,21+,22+,23+,24+,25+,26-,27+,28-,29-,31+,32-,33-,34+,35+,36-/m0/s1. The summed E-state index contributed by atoms with van der Waals surface area (Å²) in [7, 11) is 0. The number of esters is 1. The summed E-state index contributed by atoms with van der Waals surface area (Å²) < 4.78 is 11.5. The first-order chi connectivity index (χ1) is 21.9. The van der Waals surface area contributed by atoms with Crippen LogP contribution in [0, 0.1) is 50.2 Å². The third-order valence-corrected chi connectivity index (χ3v) is 15.5. The normalized spacial score (nSPS) is 55.9. The van der Waals surface area contributed by atoms with Gasteiger partial charge in [0.25, 0.3) is 0 Å². The van der Waals surface area contributed by atoms with Crippen molar-refractivity contribution < 1.29 is 55.1 Å². The number of rotatable bonds is 5. The molecular weight excluding hydrogens is 608 g/mol. The molecule has 1 aliphatic heterocycles. The number of ether oxygens (including phenoxy) is 2. The second-order valence-electron chi connectivity index (χ2n) is 17.7. The molecule has 8 N–H and O–H groups in total. The van der Waals surface area contributed by atoms with E-state index >= 15 is 0 Å². The van der Waals surface area contributed by atoms with E-state index in [0.29, 0.717) is 38.5 Å². The van der Waals surface area contributed by atoms with Crippen molar-refractivity contribution in [3.05, 3.63) is 11.6 Å². The monoisotopic (exact) mass is 666 g/mol. The van der Waals surface area contributed by atoms with Crippen molar-refractivity contribution >= 4 is 5.97 Å². The largest absolute Gasteiger partial charge is 0.432 e. The van der Waals surface area contributed by atoms with Gasteiger partial charge < -0.3 is 50.3 Å². The summed E-state index contributed by atoms with van der Waals surface area (Å²) in [6.45, 7) is 10.0. The molecule has 0 unspecified atom stereocenters. The highest BCUT2D eigenvalue weighted by molar-refractivity contribution is 5.79. The van der Waals surface area contributed by atoms with E-state index in [2.05, 4.69) is 33.8 Å². The van der Waals surface area contributed by atoms with Crippen LogP contribution in [0.5, 0.6) is 0 Å². The number of fused-ring (bicyclic) bond motifs is 7. The molecule has 268 valence electrons. The molecule has 0 aromatic rings. The van der Waals surface area contributed by atoms with E-state index < -0.39 is 71.7 Å². The minimum atomic E-state index is -1.69. The lowest BCUT2D eigenvalue weighted by Crippen LogP contribution is -2.68. The molecule has 47 heavy (non-hydrogen) atoms. The minimum absolute atomic E-state index is 0.0229. The van der Waals surface area contributed by atoms with Crippen molar-refractivity contribution in [2.75, 3.05) is 19.8 Å². The Morgan fingerprint density at radius 2 is 1.53 bits per heavy atom. The van der Waals surface area contributed by atoms with Crippen LogP contribution in [-0.4, -0.2) is 110 Å². The molecule has 0 spiro atoms. The fourth-order valence-corrected chi connectivity index (χ4v) is 12.2. The van der Waals surface area contributed by atoms with Gasteiger partial charge in [-0.05, 0) is 97.2 Å². The number of hydrogen-bond donors (Lipinski definition) is 8. The summed E-state index contributed by atoms with van der Waals surface area (Å²) in [6, 6.07) is 0. The van der Waals surface area contributed by atoms with E-state index in [-0.39, 0.29) is 47.2 Å². The van der Waals surface area contributed by atoms with Crippen LogP contribution in [0.25, 0.3) is 0 Å². The Morgan fingerprint density at radius 1 is 0.851 bits per heavy atom. The predicted octanol–water partition coefficient (Wildman–Crippen LogP) is 1.41. The summed E-state index contributed by atoms with van der Waals surface area (Å²) in [5, 5.41) is 84.3. The molecule has 1 saturated heterocycles. The Hall–Kier alpha value is -1.15. The smallest absolute Gasteiger partial charge is 0.315 e. The molecule has 6 aliphatic rings. The lowest BCUT2D eigenvalue weighted by molar-refractivity contribution is -0.297. The van der Waals surface area contributed by atoms with Crippen molar-refractivity contribution in [2.24, 2.45) is 50.2 Å². The van der Waals surface area contributed by atoms with Crippen molar-refractivity contribution in [1.29, 1.82) is 0 Å². The van der Waals surface area contributed by atoms with E-state index in [4.69, 9.17) is 9.47 Å². The highest BCUT2D eigenvalue weighted by atomic mass is 16.7. The summed E-state index contributed by atoms with van der Waals surface area (Å²) in [5.74, 6) is -0.606. The second kappa shape index (κ2) is 11.7. The van der Waals surface area contributed by atoms with Gasteiger partial charge in [0.15, 0.2) is 0 Å². The topological polar surface area (TPSA) is 197 Å². The van der Waals surface area contributed by atoms with Crippen LogP contribution in [0.15, 0.2) is 11.6 Å². The fourth-order valence-electron chi connectivity index (χ4n) is 12.2. The molecule has 0 radical (unpaired) electrons. The third kappa shape index (κ3) is 4.81. The lowest BCUT2D eigenvalue weighted by atomic mass is 9.33. The van der Waals surface area contributed by atoms with Crippen LogP contribution in [0.1, 0.15) is 92.4 Å². The van der Waals surface area contributed by atoms with Gasteiger partial charge in [0.05, 0.1) is 30.8 Å². The molecule has 0 bridgehead atoms. The molecule has 5 aliphatic carbocycles.